The molecule has 2 N–H and O–H groups in total. The number of aliphatic imine (C=N–C) groups is 1. The van der Waals surface area contributed by atoms with Gasteiger partial charge in [0.15, 0.2) is 5.96 Å². The van der Waals surface area contributed by atoms with Crippen LogP contribution in [-0.4, -0.2) is 57.4 Å². The zero-order valence-electron chi connectivity index (χ0n) is 16.6. The van der Waals surface area contributed by atoms with E-state index in [0.717, 1.165) is 29.8 Å². The third-order valence-corrected chi connectivity index (χ3v) is 6.37. The van der Waals surface area contributed by atoms with E-state index >= 15 is 0 Å². The quantitative estimate of drug-likeness (QED) is 0.299. The minimum Gasteiger partial charge on any atom is -0.357 e. The molecule has 1 aliphatic rings. The van der Waals surface area contributed by atoms with Crippen LogP contribution in [0.2, 0.25) is 0 Å². The van der Waals surface area contributed by atoms with Crippen LogP contribution in [0.4, 0.5) is 4.39 Å². The molecule has 1 aromatic rings. The highest BCUT2D eigenvalue weighted by Gasteiger charge is 2.28. The first-order valence-electron chi connectivity index (χ1n) is 9.07. The minimum atomic E-state index is -3.12. The van der Waals surface area contributed by atoms with Gasteiger partial charge in [0, 0.05) is 31.9 Å². The van der Waals surface area contributed by atoms with Crippen molar-refractivity contribution >= 4 is 51.7 Å². The predicted molar refractivity (Wildman–Crippen MR) is 126 cm³/mol. The Morgan fingerprint density at radius 3 is 2.71 bits per heavy atom. The van der Waals surface area contributed by atoms with E-state index in [1.807, 2.05) is 13.2 Å². The van der Waals surface area contributed by atoms with Gasteiger partial charge in [0.25, 0.3) is 0 Å². The van der Waals surface area contributed by atoms with Crippen LogP contribution in [0, 0.1) is 11.7 Å². The average Bonchev–Trinajstić information content (AvgIpc) is 3.08. The number of hydrogen-bond acceptors (Lipinski definition) is 4. The summed E-state index contributed by atoms with van der Waals surface area (Å²) in [6.45, 7) is 4.97. The van der Waals surface area contributed by atoms with Crippen LogP contribution >= 0.6 is 35.7 Å². The molecule has 1 aromatic carbocycles. The van der Waals surface area contributed by atoms with Crippen molar-refractivity contribution < 1.29 is 12.8 Å². The SMILES string of the molecule is CCNC(=NCc1ccc(F)cc1CSC)NCC1CCN(S(C)(=O)=O)C1.I. The summed E-state index contributed by atoms with van der Waals surface area (Å²) in [6.07, 6.45) is 4.09. The van der Waals surface area contributed by atoms with Gasteiger partial charge in [-0.25, -0.2) is 22.1 Å². The van der Waals surface area contributed by atoms with Crippen molar-refractivity contribution in [3.05, 3.63) is 35.1 Å². The van der Waals surface area contributed by atoms with Crippen molar-refractivity contribution in [1.29, 1.82) is 0 Å². The summed E-state index contributed by atoms with van der Waals surface area (Å²) in [5, 5.41) is 6.51. The maximum atomic E-state index is 13.5. The van der Waals surface area contributed by atoms with E-state index in [2.05, 4.69) is 15.6 Å². The van der Waals surface area contributed by atoms with Gasteiger partial charge in [-0.1, -0.05) is 6.07 Å². The standard InChI is InChI=1S/C18H29FN4O2S2.HI/c1-4-20-18(21-10-14-7-8-23(12-14)27(3,24)25)22-11-15-5-6-17(19)9-16(15)13-26-2;/h5-6,9,14H,4,7-8,10-13H2,1-3H3,(H2,20,21,22);1H. The molecule has 1 unspecified atom stereocenters. The van der Waals surface area contributed by atoms with Crippen molar-refractivity contribution in [3.63, 3.8) is 0 Å². The largest absolute Gasteiger partial charge is 0.357 e. The molecule has 28 heavy (non-hydrogen) atoms. The number of thioether (sulfide) groups is 1. The molecule has 0 aliphatic carbocycles. The number of hydrogen-bond donors (Lipinski definition) is 2. The smallest absolute Gasteiger partial charge is 0.211 e. The number of halogens is 2. The molecule has 6 nitrogen and oxygen atoms in total. The molecule has 2 rings (SSSR count). The van der Waals surface area contributed by atoms with Gasteiger partial charge in [-0.15, -0.1) is 24.0 Å². The number of nitrogens with one attached hydrogen (secondary N) is 2. The van der Waals surface area contributed by atoms with Crippen LogP contribution in [0.1, 0.15) is 24.5 Å². The maximum absolute atomic E-state index is 13.5. The molecular formula is C18H30FIN4O2S2. The first kappa shape index (κ1) is 25.4. The highest BCUT2D eigenvalue weighted by atomic mass is 127. The molecule has 1 heterocycles. The molecule has 0 bridgehead atoms. The van der Waals surface area contributed by atoms with Crippen molar-refractivity contribution in [2.24, 2.45) is 10.9 Å². The third kappa shape index (κ3) is 8.03. The number of sulfonamides is 1. The molecule has 1 atom stereocenters. The van der Waals surface area contributed by atoms with Crippen LogP contribution in [0.5, 0.6) is 0 Å². The van der Waals surface area contributed by atoms with E-state index in [0.29, 0.717) is 32.1 Å². The van der Waals surface area contributed by atoms with Crippen molar-refractivity contribution in [1.82, 2.24) is 14.9 Å². The second-order valence-electron chi connectivity index (χ2n) is 6.70. The molecular weight excluding hydrogens is 514 g/mol. The number of nitrogens with zero attached hydrogens (tertiary/aromatic N) is 2. The van der Waals surface area contributed by atoms with Gasteiger partial charge in [-0.2, -0.15) is 11.8 Å². The summed E-state index contributed by atoms with van der Waals surface area (Å²) >= 11 is 1.65. The summed E-state index contributed by atoms with van der Waals surface area (Å²) < 4.78 is 38.3. The van der Waals surface area contributed by atoms with E-state index in [1.54, 1.807) is 23.9 Å². The summed E-state index contributed by atoms with van der Waals surface area (Å²) in [5.41, 5.74) is 1.97. The number of guanidine groups is 1. The van der Waals surface area contributed by atoms with Crippen molar-refractivity contribution in [3.8, 4) is 0 Å². The first-order chi connectivity index (χ1) is 12.8. The molecule has 0 spiro atoms. The zero-order valence-corrected chi connectivity index (χ0v) is 20.5. The summed E-state index contributed by atoms with van der Waals surface area (Å²) in [4.78, 5) is 4.62. The molecule has 0 amide bonds. The lowest BCUT2D eigenvalue weighted by atomic mass is 10.1. The van der Waals surface area contributed by atoms with Gasteiger partial charge in [0.05, 0.1) is 12.8 Å². The minimum absolute atomic E-state index is 0. The van der Waals surface area contributed by atoms with E-state index < -0.39 is 10.0 Å². The average molecular weight is 545 g/mol. The van der Waals surface area contributed by atoms with Crippen molar-refractivity contribution in [2.75, 3.05) is 38.7 Å². The van der Waals surface area contributed by atoms with E-state index in [1.165, 1.54) is 16.6 Å². The van der Waals surface area contributed by atoms with Gasteiger partial charge in [0.1, 0.15) is 5.82 Å². The lowest BCUT2D eigenvalue weighted by Crippen LogP contribution is -2.40. The topological polar surface area (TPSA) is 73.8 Å². The third-order valence-electron chi connectivity index (χ3n) is 4.50. The molecule has 0 saturated carbocycles. The van der Waals surface area contributed by atoms with Gasteiger partial charge in [0.2, 0.25) is 10.0 Å². The van der Waals surface area contributed by atoms with E-state index in [4.69, 9.17) is 0 Å². The Bertz CT molecular complexity index is 762. The monoisotopic (exact) mass is 544 g/mol. The van der Waals surface area contributed by atoms with Crippen LogP contribution in [0.3, 0.4) is 0 Å². The summed E-state index contributed by atoms with van der Waals surface area (Å²) in [6, 6.07) is 4.82. The molecule has 0 aromatic heterocycles. The molecule has 160 valence electrons. The van der Waals surface area contributed by atoms with Crippen LogP contribution < -0.4 is 10.6 Å². The number of benzene rings is 1. The molecule has 1 aliphatic heterocycles. The number of rotatable bonds is 8. The fourth-order valence-electron chi connectivity index (χ4n) is 3.05. The van der Waals surface area contributed by atoms with Crippen LogP contribution in [-0.2, 0) is 22.3 Å². The molecule has 1 fully saturated rings. The van der Waals surface area contributed by atoms with E-state index in [-0.39, 0.29) is 35.7 Å². The second-order valence-corrected chi connectivity index (χ2v) is 9.55. The Balaban J connectivity index is 0.00000392. The maximum Gasteiger partial charge on any atom is 0.211 e. The normalized spacial score (nSPS) is 18.0. The molecule has 0 radical (unpaired) electrons. The first-order valence-corrected chi connectivity index (χ1v) is 12.3. The van der Waals surface area contributed by atoms with Gasteiger partial charge in [-0.05, 0) is 48.8 Å². The van der Waals surface area contributed by atoms with E-state index in [9.17, 15) is 12.8 Å². The Kier molecular flexibility index (Phi) is 11.1. The van der Waals surface area contributed by atoms with Gasteiger partial charge in [-0.3, -0.25) is 0 Å². The fourth-order valence-corrected chi connectivity index (χ4v) is 4.55. The summed E-state index contributed by atoms with van der Waals surface area (Å²) in [7, 11) is -3.12. The van der Waals surface area contributed by atoms with Crippen molar-refractivity contribution in [2.45, 2.75) is 25.6 Å². The van der Waals surface area contributed by atoms with Crippen LogP contribution in [0.15, 0.2) is 23.2 Å². The Hall–Kier alpha value is -0.590. The zero-order chi connectivity index (χ0) is 19.9. The lowest BCUT2D eigenvalue weighted by molar-refractivity contribution is 0.459. The highest BCUT2D eigenvalue weighted by Crippen LogP contribution is 2.19. The Labute approximate surface area is 189 Å². The van der Waals surface area contributed by atoms with Crippen LogP contribution in [0.25, 0.3) is 0 Å². The summed E-state index contributed by atoms with van der Waals surface area (Å²) in [5.74, 6) is 1.47. The second kappa shape index (κ2) is 12.2. The fraction of sp³-hybridized carbons (Fsp3) is 0.611. The highest BCUT2D eigenvalue weighted by molar-refractivity contribution is 14.0. The van der Waals surface area contributed by atoms with Gasteiger partial charge >= 0.3 is 0 Å². The Morgan fingerprint density at radius 1 is 1.36 bits per heavy atom. The Morgan fingerprint density at radius 2 is 2.11 bits per heavy atom. The van der Waals surface area contributed by atoms with Gasteiger partial charge < -0.3 is 10.6 Å². The lowest BCUT2D eigenvalue weighted by Gasteiger charge is -2.16. The predicted octanol–water partition coefficient (Wildman–Crippen LogP) is 2.64. The molecule has 1 saturated heterocycles. The molecule has 10 heteroatoms.